The average Bonchev–Trinajstić information content (AvgIpc) is 2.83. The van der Waals surface area contributed by atoms with Crippen LogP contribution in [0.3, 0.4) is 0 Å². The van der Waals surface area contributed by atoms with Crippen LogP contribution in [0.15, 0.2) is 60.7 Å². The van der Waals surface area contributed by atoms with Crippen molar-refractivity contribution in [3.63, 3.8) is 0 Å². The molecule has 1 N–H and O–H groups in total. The van der Waals surface area contributed by atoms with Gasteiger partial charge in [0.25, 0.3) is 5.91 Å². The number of rotatable bonds is 5. The quantitative estimate of drug-likeness (QED) is 0.595. The fourth-order valence-corrected chi connectivity index (χ4v) is 4.04. The molecule has 0 bridgehead atoms. The third kappa shape index (κ3) is 3.75. The van der Waals surface area contributed by atoms with Gasteiger partial charge in [0, 0.05) is 17.3 Å². The number of hydrogen-bond donors (Lipinski definition) is 1. The number of amides is 1. The first kappa shape index (κ1) is 20.9. The number of halogens is 2. The first-order chi connectivity index (χ1) is 16.1. The van der Waals surface area contributed by atoms with Crippen molar-refractivity contribution in [1.29, 1.82) is 0 Å². The van der Waals surface area contributed by atoms with Crippen molar-refractivity contribution in [2.45, 2.75) is 12.8 Å². The Bertz CT molecular complexity index is 1200. The Balaban J connectivity index is 1.67. The van der Waals surface area contributed by atoms with E-state index in [0.29, 0.717) is 47.2 Å². The summed E-state index contributed by atoms with van der Waals surface area (Å²) >= 11 is 0. The summed E-state index contributed by atoms with van der Waals surface area (Å²) in [5.74, 6) is 0.739. The molecule has 0 saturated carbocycles. The lowest BCUT2D eigenvalue weighted by atomic mass is 10.0. The van der Waals surface area contributed by atoms with Crippen LogP contribution in [-0.2, 0) is 0 Å². The maximum atomic E-state index is 13.7. The number of para-hydroxylation sites is 2. The van der Waals surface area contributed by atoms with E-state index < -0.39 is 12.8 Å². The molecule has 0 radical (unpaired) electrons. The molecule has 0 saturated heterocycles. The third-order valence-electron chi connectivity index (χ3n) is 5.46. The molecule has 3 aromatic carbocycles. The van der Waals surface area contributed by atoms with E-state index in [9.17, 15) is 13.6 Å². The van der Waals surface area contributed by atoms with E-state index in [1.54, 1.807) is 54.6 Å². The summed E-state index contributed by atoms with van der Waals surface area (Å²) < 4.78 is 48.0. The van der Waals surface area contributed by atoms with Gasteiger partial charge in [-0.2, -0.15) is 8.78 Å². The number of carbonyl (C=O) groups excluding carboxylic acids is 1. The average molecular weight is 454 g/mol. The SMILES string of the molecule is COc1cccc(C2Nc3ccccc3C(=O)N2c2ccc3c(c2)OCCO3)c1OC(F)F. The summed E-state index contributed by atoms with van der Waals surface area (Å²) in [6.07, 6.45) is -0.862. The fourth-order valence-electron chi connectivity index (χ4n) is 4.04. The molecule has 0 aromatic heterocycles. The van der Waals surface area contributed by atoms with Crippen molar-refractivity contribution in [3.05, 3.63) is 71.8 Å². The minimum absolute atomic E-state index is 0.128. The van der Waals surface area contributed by atoms with Gasteiger partial charge < -0.3 is 24.3 Å². The molecule has 1 atom stereocenters. The van der Waals surface area contributed by atoms with Crippen molar-refractivity contribution in [2.75, 3.05) is 30.5 Å². The monoisotopic (exact) mass is 454 g/mol. The largest absolute Gasteiger partial charge is 0.493 e. The normalized spacial score (nSPS) is 16.8. The number of hydrogen-bond acceptors (Lipinski definition) is 6. The van der Waals surface area contributed by atoms with E-state index >= 15 is 0 Å². The lowest BCUT2D eigenvalue weighted by Gasteiger charge is -2.39. The van der Waals surface area contributed by atoms with Crippen molar-refractivity contribution < 1.29 is 32.5 Å². The number of carbonyl (C=O) groups is 1. The lowest BCUT2D eigenvalue weighted by molar-refractivity contribution is -0.0519. The summed E-state index contributed by atoms with van der Waals surface area (Å²) in [7, 11) is 1.37. The van der Waals surface area contributed by atoms with Gasteiger partial charge in [0.2, 0.25) is 0 Å². The van der Waals surface area contributed by atoms with E-state index in [1.165, 1.54) is 18.1 Å². The predicted octanol–water partition coefficient (Wildman–Crippen LogP) is 4.84. The highest BCUT2D eigenvalue weighted by molar-refractivity contribution is 6.12. The molecule has 2 aliphatic heterocycles. The zero-order chi connectivity index (χ0) is 22.9. The summed E-state index contributed by atoms with van der Waals surface area (Å²) in [5.41, 5.74) is 1.84. The number of fused-ring (bicyclic) bond motifs is 2. The molecule has 0 spiro atoms. The number of ether oxygens (including phenoxy) is 4. The minimum Gasteiger partial charge on any atom is -0.493 e. The van der Waals surface area contributed by atoms with E-state index in [0.717, 1.165) is 0 Å². The Hall–Kier alpha value is -4.01. The van der Waals surface area contributed by atoms with Gasteiger partial charge in [-0.25, -0.2) is 0 Å². The number of anilines is 2. The molecule has 9 heteroatoms. The van der Waals surface area contributed by atoms with Gasteiger partial charge in [-0.1, -0.05) is 24.3 Å². The molecular formula is C24H20F2N2O5. The number of methoxy groups -OCH3 is 1. The number of nitrogens with one attached hydrogen (secondary N) is 1. The Kier molecular flexibility index (Phi) is 5.37. The van der Waals surface area contributed by atoms with Crippen molar-refractivity contribution >= 4 is 17.3 Å². The smallest absolute Gasteiger partial charge is 0.387 e. The minimum atomic E-state index is -3.07. The van der Waals surface area contributed by atoms with Gasteiger partial charge in [0.1, 0.15) is 19.4 Å². The van der Waals surface area contributed by atoms with Gasteiger partial charge >= 0.3 is 6.61 Å². The van der Waals surface area contributed by atoms with Crippen LogP contribution in [0.5, 0.6) is 23.0 Å². The Morgan fingerprint density at radius 1 is 1.03 bits per heavy atom. The van der Waals surface area contributed by atoms with E-state index in [2.05, 4.69) is 5.32 Å². The standard InChI is InChI=1S/C24H20F2N2O5/c1-30-19-8-4-6-16(21(19)33-24(25)26)22-27-17-7-3-2-5-15(17)23(29)28(22)14-9-10-18-20(13-14)32-12-11-31-18/h2-10,13,22,24,27H,11-12H2,1H3. The van der Waals surface area contributed by atoms with Crippen molar-refractivity contribution in [1.82, 2.24) is 0 Å². The topological polar surface area (TPSA) is 69.3 Å². The summed E-state index contributed by atoms with van der Waals surface area (Å²) in [6, 6.07) is 16.9. The van der Waals surface area contributed by atoms with Crippen LogP contribution in [0.2, 0.25) is 0 Å². The van der Waals surface area contributed by atoms with Gasteiger partial charge in [-0.15, -0.1) is 0 Å². The zero-order valence-corrected chi connectivity index (χ0v) is 17.6. The summed E-state index contributed by atoms with van der Waals surface area (Å²) in [4.78, 5) is 15.1. The molecular weight excluding hydrogens is 434 g/mol. The van der Waals surface area contributed by atoms with Gasteiger partial charge in [0.15, 0.2) is 23.0 Å². The molecule has 33 heavy (non-hydrogen) atoms. The van der Waals surface area contributed by atoms with Gasteiger partial charge in [-0.3, -0.25) is 9.69 Å². The Morgan fingerprint density at radius 2 is 1.82 bits per heavy atom. The highest BCUT2D eigenvalue weighted by Gasteiger charge is 2.37. The van der Waals surface area contributed by atoms with Crippen LogP contribution in [0, 0.1) is 0 Å². The van der Waals surface area contributed by atoms with E-state index in [-0.39, 0.29) is 17.4 Å². The van der Waals surface area contributed by atoms with E-state index in [1.807, 2.05) is 0 Å². The van der Waals surface area contributed by atoms with Crippen molar-refractivity contribution in [2.24, 2.45) is 0 Å². The van der Waals surface area contributed by atoms with Crippen LogP contribution >= 0.6 is 0 Å². The van der Waals surface area contributed by atoms with E-state index in [4.69, 9.17) is 18.9 Å². The van der Waals surface area contributed by atoms with Crippen LogP contribution in [0.4, 0.5) is 20.2 Å². The highest BCUT2D eigenvalue weighted by atomic mass is 19.3. The number of alkyl halides is 2. The second kappa shape index (κ2) is 8.50. The zero-order valence-electron chi connectivity index (χ0n) is 17.6. The third-order valence-corrected chi connectivity index (χ3v) is 5.46. The lowest BCUT2D eigenvalue weighted by Crippen LogP contribution is -2.43. The van der Waals surface area contributed by atoms with Gasteiger partial charge in [0.05, 0.1) is 18.4 Å². The second-order valence-electron chi connectivity index (χ2n) is 7.35. The first-order valence-corrected chi connectivity index (χ1v) is 10.3. The summed E-state index contributed by atoms with van der Waals surface area (Å²) in [6.45, 7) is -2.25. The molecule has 7 nitrogen and oxygen atoms in total. The number of nitrogens with zero attached hydrogens (tertiary/aromatic N) is 1. The molecule has 2 heterocycles. The molecule has 0 fully saturated rings. The summed E-state index contributed by atoms with van der Waals surface area (Å²) in [5, 5.41) is 3.29. The number of benzene rings is 3. The second-order valence-corrected chi connectivity index (χ2v) is 7.35. The maximum absolute atomic E-state index is 13.7. The molecule has 170 valence electrons. The van der Waals surface area contributed by atoms with Crippen molar-refractivity contribution in [3.8, 4) is 23.0 Å². The van der Waals surface area contributed by atoms with Crippen LogP contribution < -0.4 is 29.2 Å². The Morgan fingerprint density at radius 3 is 2.61 bits per heavy atom. The molecule has 2 aliphatic rings. The van der Waals surface area contributed by atoms with Crippen LogP contribution in [-0.4, -0.2) is 32.8 Å². The predicted molar refractivity (Wildman–Crippen MR) is 117 cm³/mol. The molecule has 1 unspecified atom stereocenters. The highest BCUT2D eigenvalue weighted by Crippen LogP contribution is 2.44. The molecule has 0 aliphatic carbocycles. The van der Waals surface area contributed by atoms with Crippen LogP contribution in [0.25, 0.3) is 0 Å². The van der Waals surface area contributed by atoms with Crippen LogP contribution in [0.1, 0.15) is 22.1 Å². The molecule has 3 aromatic rings. The maximum Gasteiger partial charge on any atom is 0.387 e. The molecule has 1 amide bonds. The molecule has 5 rings (SSSR count). The van der Waals surface area contributed by atoms with Gasteiger partial charge in [-0.05, 0) is 30.3 Å². The Labute approximate surface area is 188 Å². The first-order valence-electron chi connectivity index (χ1n) is 10.3. The fraction of sp³-hybridized carbons (Fsp3) is 0.208.